The smallest absolute Gasteiger partial charge is 0.199 e. The molecule has 0 N–H and O–H groups in total. The molecule has 0 saturated heterocycles. The van der Waals surface area contributed by atoms with Crippen LogP contribution in [0.3, 0.4) is 0 Å². The van der Waals surface area contributed by atoms with Crippen LogP contribution in [0.1, 0.15) is 22.6 Å². The SMILES string of the molecule is Cc1cccc(SCCC(=O)c2nc3ccccc3n2COCC[Si](C)(C)C)c1-c1ccccc1. The summed E-state index contributed by atoms with van der Waals surface area (Å²) in [6.45, 7) is 10.2. The van der Waals surface area contributed by atoms with Gasteiger partial charge >= 0.3 is 0 Å². The lowest BCUT2D eigenvalue weighted by molar-refractivity contribution is 0.0818. The Hall–Kier alpha value is -2.67. The molecule has 0 saturated carbocycles. The third-order valence-corrected chi connectivity index (χ3v) is 8.77. The predicted octanol–water partition coefficient (Wildman–Crippen LogP) is 7.69. The number of ketones is 1. The van der Waals surface area contributed by atoms with Gasteiger partial charge in [-0.3, -0.25) is 9.36 Å². The molecule has 0 radical (unpaired) electrons. The van der Waals surface area contributed by atoms with Crippen molar-refractivity contribution in [3.8, 4) is 11.1 Å². The zero-order valence-electron chi connectivity index (χ0n) is 21.1. The number of fused-ring (bicyclic) bond motifs is 1. The fourth-order valence-corrected chi connectivity index (χ4v) is 5.92. The van der Waals surface area contributed by atoms with E-state index in [1.54, 1.807) is 11.8 Å². The highest BCUT2D eigenvalue weighted by Gasteiger charge is 2.19. The van der Waals surface area contributed by atoms with Crippen LogP contribution in [-0.2, 0) is 11.5 Å². The number of carbonyl (C=O) groups is 1. The Morgan fingerprint density at radius 3 is 2.49 bits per heavy atom. The molecule has 0 amide bonds. The van der Waals surface area contributed by atoms with E-state index in [0.717, 1.165) is 17.1 Å². The number of nitrogens with zero attached hydrogens (tertiary/aromatic N) is 2. The number of carbonyl (C=O) groups excluding carboxylic acids is 1. The number of thioether (sulfide) groups is 1. The Morgan fingerprint density at radius 1 is 0.971 bits per heavy atom. The van der Waals surface area contributed by atoms with E-state index in [-0.39, 0.29) is 5.78 Å². The van der Waals surface area contributed by atoms with Crippen LogP contribution in [0.25, 0.3) is 22.2 Å². The molecule has 1 heterocycles. The lowest BCUT2D eigenvalue weighted by Gasteiger charge is -2.16. The number of aromatic nitrogens is 2. The molecule has 0 aliphatic carbocycles. The third kappa shape index (κ3) is 6.51. The van der Waals surface area contributed by atoms with Crippen LogP contribution in [-0.4, -0.2) is 35.8 Å². The van der Waals surface area contributed by atoms with E-state index in [0.29, 0.717) is 31.3 Å². The lowest BCUT2D eigenvalue weighted by atomic mass is 10.0. The van der Waals surface area contributed by atoms with E-state index in [9.17, 15) is 4.79 Å². The maximum absolute atomic E-state index is 13.3. The van der Waals surface area contributed by atoms with Crippen LogP contribution in [0.5, 0.6) is 0 Å². The molecule has 0 bridgehead atoms. The predicted molar refractivity (Wildman–Crippen MR) is 150 cm³/mol. The first-order valence-corrected chi connectivity index (χ1v) is 16.9. The summed E-state index contributed by atoms with van der Waals surface area (Å²) >= 11 is 1.73. The summed E-state index contributed by atoms with van der Waals surface area (Å²) in [6, 6.07) is 25.8. The third-order valence-electron chi connectivity index (χ3n) is 6.00. The van der Waals surface area contributed by atoms with E-state index in [2.05, 4.69) is 74.0 Å². The molecular weight excluding hydrogens is 468 g/mol. The van der Waals surface area contributed by atoms with Gasteiger partial charge in [0, 0.05) is 31.7 Å². The largest absolute Gasteiger partial charge is 0.361 e. The monoisotopic (exact) mass is 502 g/mol. The summed E-state index contributed by atoms with van der Waals surface area (Å²) in [6.07, 6.45) is 0.422. The first-order chi connectivity index (χ1) is 16.8. The normalized spacial score (nSPS) is 11.8. The number of Topliss-reactive ketones (excluding diaryl/α,β-unsaturated/α-hetero) is 1. The molecule has 0 atom stereocenters. The Bertz CT molecular complexity index is 1300. The molecule has 0 aliphatic heterocycles. The first-order valence-electron chi connectivity index (χ1n) is 12.2. The van der Waals surface area contributed by atoms with Crippen molar-refractivity contribution in [1.82, 2.24) is 9.55 Å². The fourth-order valence-electron chi connectivity index (χ4n) is 4.05. The van der Waals surface area contributed by atoms with Gasteiger partial charge in [0.25, 0.3) is 0 Å². The highest BCUT2D eigenvalue weighted by Crippen LogP contribution is 2.34. The summed E-state index contributed by atoms with van der Waals surface area (Å²) in [7, 11) is -1.17. The molecule has 4 rings (SSSR count). The van der Waals surface area contributed by atoms with Gasteiger partial charge in [-0.1, -0.05) is 74.2 Å². The van der Waals surface area contributed by atoms with Crippen LogP contribution in [0.15, 0.2) is 77.7 Å². The van der Waals surface area contributed by atoms with Gasteiger partial charge in [-0.15, -0.1) is 11.8 Å². The lowest BCUT2D eigenvalue weighted by Crippen LogP contribution is -2.22. The van der Waals surface area contributed by atoms with Crippen molar-refractivity contribution in [3.05, 3.63) is 84.2 Å². The molecule has 35 heavy (non-hydrogen) atoms. The van der Waals surface area contributed by atoms with Gasteiger partial charge in [0.05, 0.1) is 11.0 Å². The maximum Gasteiger partial charge on any atom is 0.199 e. The number of rotatable bonds is 11. The number of imidazole rings is 1. The minimum Gasteiger partial charge on any atom is -0.361 e. The molecule has 4 nitrogen and oxygen atoms in total. The molecule has 4 aromatic rings. The average Bonchev–Trinajstić information content (AvgIpc) is 3.20. The van der Waals surface area contributed by atoms with Crippen molar-refractivity contribution in [2.75, 3.05) is 12.4 Å². The fraction of sp³-hybridized carbons (Fsp3) is 0.310. The van der Waals surface area contributed by atoms with Crippen molar-refractivity contribution in [2.24, 2.45) is 0 Å². The number of hydrogen-bond donors (Lipinski definition) is 0. The number of para-hydroxylation sites is 2. The van der Waals surface area contributed by atoms with Gasteiger partial charge in [-0.05, 0) is 47.9 Å². The summed E-state index contributed by atoms with van der Waals surface area (Å²) < 4.78 is 7.94. The quantitative estimate of drug-likeness (QED) is 0.0912. The van der Waals surface area contributed by atoms with Gasteiger partial charge in [0.15, 0.2) is 11.6 Å². The second-order valence-electron chi connectivity index (χ2n) is 10.0. The van der Waals surface area contributed by atoms with Crippen molar-refractivity contribution in [3.63, 3.8) is 0 Å². The molecule has 6 heteroatoms. The molecule has 3 aromatic carbocycles. The highest BCUT2D eigenvalue weighted by molar-refractivity contribution is 7.99. The standard InChI is InChI=1S/C29H34N2O2SSi/c1-22-11-10-16-27(28(22)23-12-6-5-7-13-23)34-19-17-26(32)29-30-24-14-8-9-15-25(24)31(29)21-33-18-20-35(2,3)4/h5-16H,17-21H2,1-4H3. The number of aryl methyl sites for hydroxylation is 1. The van der Waals surface area contributed by atoms with Crippen LogP contribution >= 0.6 is 11.8 Å². The minimum atomic E-state index is -1.17. The zero-order chi connectivity index (χ0) is 24.8. The van der Waals surface area contributed by atoms with Crippen LogP contribution in [0.4, 0.5) is 0 Å². The van der Waals surface area contributed by atoms with E-state index < -0.39 is 8.07 Å². The molecule has 0 unspecified atom stereocenters. The average molecular weight is 503 g/mol. The topological polar surface area (TPSA) is 44.1 Å². The summed E-state index contributed by atoms with van der Waals surface area (Å²) in [5, 5.41) is 0. The Balaban J connectivity index is 1.47. The van der Waals surface area contributed by atoms with Crippen molar-refractivity contribution < 1.29 is 9.53 Å². The second-order valence-corrected chi connectivity index (χ2v) is 16.8. The highest BCUT2D eigenvalue weighted by atomic mass is 32.2. The molecule has 0 aliphatic rings. The second kappa shape index (κ2) is 11.4. The number of ether oxygens (including phenoxy) is 1. The number of benzene rings is 3. The molecule has 0 spiro atoms. The Kier molecular flexibility index (Phi) is 8.26. The summed E-state index contributed by atoms with van der Waals surface area (Å²) in [5.41, 5.74) is 5.47. The van der Waals surface area contributed by atoms with Crippen LogP contribution < -0.4 is 0 Å². The van der Waals surface area contributed by atoms with Crippen molar-refractivity contribution >= 4 is 36.7 Å². The minimum absolute atomic E-state index is 0.0522. The first kappa shape index (κ1) is 25.4. The van der Waals surface area contributed by atoms with Crippen molar-refractivity contribution in [1.29, 1.82) is 0 Å². The van der Waals surface area contributed by atoms with Gasteiger partial charge < -0.3 is 4.74 Å². The van der Waals surface area contributed by atoms with Gasteiger partial charge in [-0.25, -0.2) is 4.98 Å². The van der Waals surface area contributed by atoms with Gasteiger partial charge in [0.2, 0.25) is 0 Å². The Morgan fingerprint density at radius 2 is 1.71 bits per heavy atom. The van der Waals surface area contributed by atoms with E-state index in [4.69, 9.17) is 4.74 Å². The molecule has 0 fully saturated rings. The maximum atomic E-state index is 13.3. The van der Waals surface area contributed by atoms with E-state index in [1.807, 2.05) is 34.9 Å². The van der Waals surface area contributed by atoms with E-state index in [1.165, 1.54) is 21.6 Å². The molecule has 1 aromatic heterocycles. The van der Waals surface area contributed by atoms with Gasteiger partial charge in [-0.2, -0.15) is 0 Å². The Labute approximate surface area is 213 Å². The van der Waals surface area contributed by atoms with Crippen molar-refractivity contribution in [2.45, 2.75) is 50.7 Å². The molecular formula is C29H34N2O2SSi. The van der Waals surface area contributed by atoms with Crippen LogP contribution in [0.2, 0.25) is 25.7 Å². The summed E-state index contributed by atoms with van der Waals surface area (Å²) in [4.78, 5) is 19.2. The van der Waals surface area contributed by atoms with Crippen LogP contribution in [0, 0.1) is 6.92 Å². The van der Waals surface area contributed by atoms with Gasteiger partial charge in [0.1, 0.15) is 6.73 Å². The number of hydrogen-bond acceptors (Lipinski definition) is 4. The zero-order valence-corrected chi connectivity index (χ0v) is 22.9. The molecule has 182 valence electrons. The van der Waals surface area contributed by atoms with E-state index >= 15 is 0 Å². The summed E-state index contributed by atoms with van der Waals surface area (Å²) in [5.74, 6) is 1.24.